The first-order valence-electron chi connectivity index (χ1n) is 7.57. The zero-order chi connectivity index (χ0) is 17.0. The van der Waals surface area contributed by atoms with E-state index < -0.39 is 0 Å². The van der Waals surface area contributed by atoms with Crippen molar-refractivity contribution in [3.8, 4) is 17.2 Å². The summed E-state index contributed by atoms with van der Waals surface area (Å²) >= 11 is 0. The van der Waals surface area contributed by atoms with Crippen LogP contribution in [0.25, 0.3) is 10.9 Å². The van der Waals surface area contributed by atoms with Gasteiger partial charge in [0.1, 0.15) is 0 Å². The zero-order valence-corrected chi connectivity index (χ0v) is 14.3. The van der Waals surface area contributed by atoms with Crippen LogP contribution >= 0.6 is 0 Å². The lowest BCUT2D eigenvalue weighted by atomic mass is 10.1. The van der Waals surface area contributed by atoms with Crippen molar-refractivity contribution >= 4 is 16.8 Å². The molecular weight excluding hydrogens is 296 g/mol. The number of carbonyl (C=O) groups excluding carboxylic acids is 1. The summed E-state index contributed by atoms with van der Waals surface area (Å²) in [6.07, 6.45) is 2.10. The Kier molecular flexibility index (Phi) is 5.36. The van der Waals surface area contributed by atoms with Crippen molar-refractivity contribution in [2.75, 3.05) is 27.9 Å². The molecule has 0 saturated carbocycles. The number of aromatic nitrogens is 1. The average molecular weight is 320 g/mol. The van der Waals surface area contributed by atoms with Crippen molar-refractivity contribution in [1.82, 2.24) is 10.3 Å². The molecule has 0 aliphatic heterocycles. The predicted molar refractivity (Wildman–Crippen MR) is 89.5 cm³/mol. The number of amides is 1. The van der Waals surface area contributed by atoms with E-state index in [0.29, 0.717) is 29.7 Å². The van der Waals surface area contributed by atoms with Crippen LogP contribution in [0.4, 0.5) is 0 Å². The largest absolute Gasteiger partial charge is 0.493 e. The van der Waals surface area contributed by atoms with E-state index in [2.05, 4.69) is 24.1 Å². The van der Waals surface area contributed by atoms with Crippen molar-refractivity contribution in [1.29, 1.82) is 0 Å². The van der Waals surface area contributed by atoms with Gasteiger partial charge in [0.15, 0.2) is 11.5 Å². The summed E-state index contributed by atoms with van der Waals surface area (Å²) in [5, 5.41) is 3.76. The van der Waals surface area contributed by atoms with Gasteiger partial charge in [-0.3, -0.25) is 4.79 Å². The van der Waals surface area contributed by atoms with Gasteiger partial charge in [-0.25, -0.2) is 0 Å². The van der Waals surface area contributed by atoms with Gasteiger partial charge in [-0.15, -0.1) is 0 Å². The van der Waals surface area contributed by atoms with E-state index in [-0.39, 0.29) is 12.3 Å². The number of fused-ring (bicyclic) bond motifs is 1. The van der Waals surface area contributed by atoms with Crippen LogP contribution in [0.2, 0.25) is 0 Å². The second-order valence-electron chi connectivity index (χ2n) is 5.76. The number of nitrogens with one attached hydrogen (secondary N) is 2. The molecule has 2 rings (SSSR count). The van der Waals surface area contributed by atoms with Gasteiger partial charge in [-0.1, -0.05) is 13.8 Å². The number of methoxy groups -OCH3 is 3. The van der Waals surface area contributed by atoms with Crippen LogP contribution in [0.15, 0.2) is 12.3 Å². The van der Waals surface area contributed by atoms with Gasteiger partial charge in [-0.2, -0.15) is 0 Å². The van der Waals surface area contributed by atoms with Crippen LogP contribution in [0.3, 0.4) is 0 Å². The first kappa shape index (κ1) is 17.0. The molecule has 0 spiro atoms. The molecule has 0 bridgehead atoms. The van der Waals surface area contributed by atoms with Crippen molar-refractivity contribution in [2.24, 2.45) is 5.92 Å². The third-order valence-electron chi connectivity index (χ3n) is 3.61. The van der Waals surface area contributed by atoms with Crippen molar-refractivity contribution in [3.63, 3.8) is 0 Å². The smallest absolute Gasteiger partial charge is 0.224 e. The molecule has 126 valence electrons. The molecule has 0 fully saturated rings. The summed E-state index contributed by atoms with van der Waals surface area (Å²) < 4.78 is 16.3. The molecule has 0 aliphatic carbocycles. The molecule has 0 aliphatic rings. The topological polar surface area (TPSA) is 72.6 Å². The monoisotopic (exact) mass is 320 g/mol. The van der Waals surface area contributed by atoms with E-state index in [4.69, 9.17) is 14.2 Å². The lowest BCUT2D eigenvalue weighted by Gasteiger charge is -2.14. The van der Waals surface area contributed by atoms with Gasteiger partial charge >= 0.3 is 0 Å². The summed E-state index contributed by atoms with van der Waals surface area (Å²) in [5.41, 5.74) is 1.70. The first-order chi connectivity index (χ1) is 11.0. The maximum Gasteiger partial charge on any atom is 0.224 e. The van der Waals surface area contributed by atoms with E-state index in [1.54, 1.807) is 21.3 Å². The van der Waals surface area contributed by atoms with E-state index in [9.17, 15) is 4.79 Å². The molecule has 0 unspecified atom stereocenters. The first-order valence-corrected chi connectivity index (χ1v) is 7.57. The number of carbonyl (C=O) groups is 1. The Hall–Kier alpha value is -2.37. The van der Waals surface area contributed by atoms with Gasteiger partial charge in [0, 0.05) is 24.2 Å². The van der Waals surface area contributed by atoms with Gasteiger partial charge in [-0.05, 0) is 11.5 Å². The molecule has 1 aromatic carbocycles. The highest BCUT2D eigenvalue weighted by atomic mass is 16.5. The molecule has 23 heavy (non-hydrogen) atoms. The number of ether oxygens (including phenoxy) is 3. The minimum absolute atomic E-state index is 0.0172. The fourth-order valence-corrected chi connectivity index (χ4v) is 2.52. The van der Waals surface area contributed by atoms with Gasteiger partial charge in [0.05, 0.1) is 33.3 Å². The number of benzene rings is 1. The van der Waals surface area contributed by atoms with Crippen LogP contribution in [-0.2, 0) is 11.2 Å². The molecule has 0 radical (unpaired) electrons. The van der Waals surface area contributed by atoms with Gasteiger partial charge in [0.25, 0.3) is 0 Å². The molecule has 6 nitrogen and oxygen atoms in total. The maximum atomic E-state index is 12.1. The van der Waals surface area contributed by atoms with Crippen LogP contribution in [-0.4, -0.2) is 38.8 Å². The van der Waals surface area contributed by atoms with Crippen LogP contribution in [0.5, 0.6) is 17.2 Å². The fraction of sp³-hybridized carbons (Fsp3) is 0.471. The molecule has 1 aromatic heterocycles. The van der Waals surface area contributed by atoms with Crippen molar-refractivity contribution < 1.29 is 19.0 Å². The Bertz CT molecular complexity index is 691. The number of H-pyrrole nitrogens is 1. The number of rotatable bonds is 7. The van der Waals surface area contributed by atoms with Crippen LogP contribution < -0.4 is 19.5 Å². The van der Waals surface area contributed by atoms with E-state index in [1.807, 2.05) is 12.3 Å². The summed E-state index contributed by atoms with van der Waals surface area (Å²) in [4.78, 5) is 15.3. The van der Waals surface area contributed by atoms with Crippen LogP contribution in [0, 0.1) is 5.92 Å². The van der Waals surface area contributed by atoms with Crippen molar-refractivity contribution in [2.45, 2.75) is 20.3 Å². The zero-order valence-electron chi connectivity index (χ0n) is 14.3. The normalized spacial score (nSPS) is 10.9. The Morgan fingerprint density at radius 2 is 1.87 bits per heavy atom. The lowest BCUT2D eigenvalue weighted by molar-refractivity contribution is -0.120. The second-order valence-corrected chi connectivity index (χ2v) is 5.76. The highest BCUT2D eigenvalue weighted by Crippen LogP contribution is 2.44. The highest BCUT2D eigenvalue weighted by molar-refractivity contribution is 5.96. The van der Waals surface area contributed by atoms with Gasteiger partial charge < -0.3 is 24.5 Å². The van der Waals surface area contributed by atoms with E-state index in [0.717, 1.165) is 16.5 Å². The molecule has 1 amide bonds. The average Bonchev–Trinajstić information content (AvgIpc) is 2.93. The van der Waals surface area contributed by atoms with E-state index >= 15 is 0 Å². The molecule has 0 saturated heterocycles. The summed E-state index contributed by atoms with van der Waals surface area (Å²) in [6, 6.07) is 1.84. The minimum atomic E-state index is -0.0172. The summed E-state index contributed by atoms with van der Waals surface area (Å²) in [5.74, 6) is 2.06. The third kappa shape index (κ3) is 3.52. The highest BCUT2D eigenvalue weighted by Gasteiger charge is 2.20. The molecule has 1 heterocycles. The van der Waals surface area contributed by atoms with Gasteiger partial charge in [0.2, 0.25) is 11.7 Å². The molecule has 0 atom stereocenters. The Labute approximate surface area is 136 Å². The predicted octanol–water partition coefficient (Wildman–Crippen LogP) is 2.51. The van der Waals surface area contributed by atoms with Crippen molar-refractivity contribution in [3.05, 3.63) is 17.8 Å². The van der Waals surface area contributed by atoms with Crippen LogP contribution in [0.1, 0.15) is 19.4 Å². The number of aromatic amines is 1. The summed E-state index contributed by atoms with van der Waals surface area (Å²) in [7, 11) is 4.71. The number of hydrogen-bond acceptors (Lipinski definition) is 4. The Morgan fingerprint density at radius 3 is 2.43 bits per heavy atom. The molecule has 2 aromatic rings. The molecule has 2 N–H and O–H groups in total. The molecule has 6 heteroatoms. The summed E-state index contributed by atoms with van der Waals surface area (Å²) in [6.45, 7) is 4.79. The maximum absolute atomic E-state index is 12.1. The third-order valence-corrected chi connectivity index (χ3v) is 3.61. The lowest BCUT2D eigenvalue weighted by Crippen LogP contribution is -2.28. The number of hydrogen-bond donors (Lipinski definition) is 2. The Morgan fingerprint density at radius 1 is 1.17 bits per heavy atom. The quantitative estimate of drug-likeness (QED) is 0.822. The van der Waals surface area contributed by atoms with E-state index in [1.165, 1.54) is 0 Å². The SMILES string of the molecule is COc1cc2[nH]cc(CC(=O)NCC(C)C)c2c(OC)c1OC. The fourth-order valence-electron chi connectivity index (χ4n) is 2.52. The Balaban J connectivity index is 2.40. The standard InChI is InChI=1S/C17H24N2O4/c1-10(2)8-19-14(20)6-11-9-18-12-7-13(21-3)16(22-4)17(23-5)15(11)12/h7,9-10,18H,6,8H2,1-5H3,(H,19,20). The minimum Gasteiger partial charge on any atom is -0.493 e. The second kappa shape index (κ2) is 7.26. The molecular formula is C17H24N2O4.